The number of hydrogen-bond donors (Lipinski definition) is 2. The first-order valence-corrected chi connectivity index (χ1v) is 7.57. The molecule has 1 amide bonds. The van der Waals surface area contributed by atoms with Crippen LogP contribution in [0.15, 0.2) is 0 Å². The molecule has 0 aromatic heterocycles. The smallest absolute Gasteiger partial charge is 0.221 e. The third kappa shape index (κ3) is 3.91. The van der Waals surface area contributed by atoms with Gasteiger partial charge in [0.2, 0.25) is 5.91 Å². The largest absolute Gasteiger partial charge is 0.354 e. The summed E-state index contributed by atoms with van der Waals surface area (Å²) in [5.41, 5.74) is 5.88. The van der Waals surface area contributed by atoms with Crippen LogP contribution in [-0.4, -0.2) is 66.6 Å². The molecule has 3 N–H and O–H groups in total. The molecule has 5 heteroatoms. The summed E-state index contributed by atoms with van der Waals surface area (Å²) in [6.45, 7) is 9.06. The van der Waals surface area contributed by atoms with E-state index in [1.54, 1.807) is 0 Å². The minimum absolute atomic E-state index is 0.124. The molecule has 2 heterocycles. The molecule has 0 spiro atoms. The minimum atomic E-state index is 0.124. The molecule has 0 radical (unpaired) electrons. The van der Waals surface area contributed by atoms with Crippen LogP contribution in [0.1, 0.15) is 33.1 Å². The average molecular weight is 268 g/mol. The monoisotopic (exact) mass is 268 g/mol. The van der Waals surface area contributed by atoms with Gasteiger partial charge in [-0.15, -0.1) is 0 Å². The highest BCUT2D eigenvalue weighted by Gasteiger charge is 2.33. The van der Waals surface area contributed by atoms with Crippen LogP contribution in [0.2, 0.25) is 0 Å². The minimum Gasteiger partial charge on any atom is -0.354 e. The summed E-state index contributed by atoms with van der Waals surface area (Å²) in [5.74, 6) is 0.124. The van der Waals surface area contributed by atoms with Crippen molar-refractivity contribution in [3.8, 4) is 0 Å². The van der Waals surface area contributed by atoms with Crippen molar-refractivity contribution in [2.75, 3.05) is 32.7 Å². The fourth-order valence-electron chi connectivity index (χ4n) is 3.30. The van der Waals surface area contributed by atoms with E-state index in [0.717, 1.165) is 19.6 Å². The molecule has 2 fully saturated rings. The molecule has 5 nitrogen and oxygen atoms in total. The van der Waals surface area contributed by atoms with Crippen LogP contribution in [-0.2, 0) is 4.79 Å². The van der Waals surface area contributed by atoms with Crippen LogP contribution < -0.4 is 11.1 Å². The Labute approximate surface area is 116 Å². The van der Waals surface area contributed by atoms with Crippen LogP contribution in [0.4, 0.5) is 0 Å². The predicted molar refractivity (Wildman–Crippen MR) is 76.9 cm³/mol. The zero-order valence-corrected chi connectivity index (χ0v) is 12.3. The molecule has 19 heavy (non-hydrogen) atoms. The summed E-state index contributed by atoms with van der Waals surface area (Å²) in [6.07, 6.45) is 3.15. The SMILES string of the molecule is CC(C)NC(=O)CC(CN)N1CCN2CCCC2C1. The van der Waals surface area contributed by atoms with Gasteiger partial charge in [-0.05, 0) is 33.2 Å². The van der Waals surface area contributed by atoms with Crippen LogP contribution in [0.5, 0.6) is 0 Å². The number of piperazine rings is 1. The van der Waals surface area contributed by atoms with Crippen LogP contribution in [0.3, 0.4) is 0 Å². The van der Waals surface area contributed by atoms with E-state index in [1.807, 2.05) is 13.8 Å². The van der Waals surface area contributed by atoms with Gasteiger partial charge in [-0.3, -0.25) is 14.6 Å². The Morgan fingerprint density at radius 2 is 2.16 bits per heavy atom. The van der Waals surface area contributed by atoms with Gasteiger partial charge >= 0.3 is 0 Å². The number of hydrogen-bond acceptors (Lipinski definition) is 4. The zero-order chi connectivity index (χ0) is 13.8. The maximum atomic E-state index is 11.9. The maximum absolute atomic E-state index is 11.9. The third-order valence-corrected chi connectivity index (χ3v) is 4.28. The van der Waals surface area contributed by atoms with Crippen molar-refractivity contribution in [1.82, 2.24) is 15.1 Å². The van der Waals surface area contributed by atoms with Crippen LogP contribution >= 0.6 is 0 Å². The molecule has 2 aliphatic rings. The van der Waals surface area contributed by atoms with E-state index in [4.69, 9.17) is 5.73 Å². The topological polar surface area (TPSA) is 61.6 Å². The Hall–Kier alpha value is -0.650. The van der Waals surface area contributed by atoms with E-state index in [2.05, 4.69) is 15.1 Å². The number of nitrogens with one attached hydrogen (secondary N) is 1. The Balaban J connectivity index is 1.85. The van der Waals surface area contributed by atoms with Gasteiger partial charge in [0.15, 0.2) is 0 Å². The summed E-state index contributed by atoms with van der Waals surface area (Å²) in [4.78, 5) is 16.9. The zero-order valence-electron chi connectivity index (χ0n) is 12.3. The van der Waals surface area contributed by atoms with E-state index < -0.39 is 0 Å². The molecular formula is C14H28N4O. The molecule has 2 atom stereocenters. The molecule has 0 aliphatic carbocycles. The van der Waals surface area contributed by atoms with Gasteiger partial charge in [0.05, 0.1) is 0 Å². The lowest BCUT2D eigenvalue weighted by atomic mass is 10.1. The predicted octanol–water partition coefficient (Wildman–Crippen LogP) is 0.00840. The first-order valence-electron chi connectivity index (χ1n) is 7.57. The third-order valence-electron chi connectivity index (χ3n) is 4.28. The summed E-state index contributed by atoms with van der Waals surface area (Å²) >= 11 is 0. The van der Waals surface area contributed by atoms with E-state index >= 15 is 0 Å². The lowest BCUT2D eigenvalue weighted by Crippen LogP contribution is -2.56. The number of amides is 1. The number of nitrogens with zero attached hydrogens (tertiary/aromatic N) is 2. The maximum Gasteiger partial charge on any atom is 0.221 e. The molecule has 2 unspecified atom stereocenters. The molecule has 2 aliphatic heterocycles. The van der Waals surface area contributed by atoms with Crippen LogP contribution in [0.25, 0.3) is 0 Å². The molecule has 0 saturated carbocycles. The number of carbonyl (C=O) groups excluding carboxylic acids is 1. The quantitative estimate of drug-likeness (QED) is 0.737. The molecule has 0 aromatic rings. The fraction of sp³-hybridized carbons (Fsp3) is 0.929. The Morgan fingerprint density at radius 1 is 1.37 bits per heavy atom. The van der Waals surface area contributed by atoms with Gasteiger partial charge in [0.1, 0.15) is 0 Å². The number of fused-ring (bicyclic) bond motifs is 1. The van der Waals surface area contributed by atoms with Crippen LogP contribution in [0, 0.1) is 0 Å². The van der Waals surface area contributed by atoms with E-state index in [-0.39, 0.29) is 18.0 Å². The molecule has 0 bridgehead atoms. The second kappa shape index (κ2) is 6.68. The highest BCUT2D eigenvalue weighted by Crippen LogP contribution is 2.23. The van der Waals surface area contributed by atoms with Gasteiger partial charge in [-0.1, -0.05) is 0 Å². The Morgan fingerprint density at radius 3 is 2.84 bits per heavy atom. The van der Waals surface area contributed by atoms with Gasteiger partial charge in [-0.2, -0.15) is 0 Å². The highest BCUT2D eigenvalue weighted by molar-refractivity contribution is 5.76. The van der Waals surface area contributed by atoms with Gasteiger partial charge in [-0.25, -0.2) is 0 Å². The van der Waals surface area contributed by atoms with Crippen molar-refractivity contribution in [3.63, 3.8) is 0 Å². The van der Waals surface area contributed by atoms with E-state index in [9.17, 15) is 4.79 Å². The number of nitrogens with two attached hydrogens (primary N) is 1. The van der Waals surface area contributed by atoms with Gasteiger partial charge in [0, 0.05) is 50.7 Å². The summed E-state index contributed by atoms with van der Waals surface area (Å²) in [7, 11) is 0. The van der Waals surface area contributed by atoms with Crippen molar-refractivity contribution in [2.24, 2.45) is 5.73 Å². The van der Waals surface area contributed by atoms with Gasteiger partial charge < -0.3 is 11.1 Å². The summed E-state index contributed by atoms with van der Waals surface area (Å²) in [6, 6.07) is 1.09. The van der Waals surface area contributed by atoms with E-state index in [1.165, 1.54) is 19.4 Å². The average Bonchev–Trinajstić information content (AvgIpc) is 2.82. The second-order valence-electron chi connectivity index (χ2n) is 6.14. The molecule has 0 aromatic carbocycles. The van der Waals surface area contributed by atoms with Crippen molar-refractivity contribution in [1.29, 1.82) is 0 Å². The summed E-state index contributed by atoms with van der Waals surface area (Å²) < 4.78 is 0. The van der Waals surface area contributed by atoms with E-state index in [0.29, 0.717) is 19.0 Å². The molecule has 2 saturated heterocycles. The van der Waals surface area contributed by atoms with Crippen molar-refractivity contribution >= 4 is 5.91 Å². The molecule has 2 rings (SSSR count). The molecule has 110 valence electrons. The first kappa shape index (κ1) is 14.8. The fourth-order valence-corrected chi connectivity index (χ4v) is 3.30. The number of carbonyl (C=O) groups is 1. The van der Waals surface area contributed by atoms with Crippen molar-refractivity contribution < 1.29 is 4.79 Å². The Kier molecular flexibility index (Phi) is 5.19. The molecular weight excluding hydrogens is 240 g/mol. The van der Waals surface area contributed by atoms with Crippen molar-refractivity contribution in [3.05, 3.63) is 0 Å². The second-order valence-corrected chi connectivity index (χ2v) is 6.14. The van der Waals surface area contributed by atoms with Gasteiger partial charge in [0.25, 0.3) is 0 Å². The number of rotatable bonds is 5. The van der Waals surface area contributed by atoms with Crippen molar-refractivity contribution in [2.45, 2.75) is 51.2 Å². The lowest BCUT2D eigenvalue weighted by Gasteiger charge is -2.41. The summed E-state index contributed by atoms with van der Waals surface area (Å²) in [5, 5.41) is 2.96. The lowest BCUT2D eigenvalue weighted by molar-refractivity contribution is -0.123. The Bertz CT molecular complexity index is 308. The first-order chi connectivity index (χ1) is 9.10. The standard InChI is InChI=1S/C14H28N4O/c1-11(2)16-14(19)8-13(9-15)18-7-6-17-5-3-4-12(17)10-18/h11-13H,3-10,15H2,1-2H3,(H,16,19). The highest BCUT2D eigenvalue weighted by atomic mass is 16.1. The normalized spacial score (nSPS) is 26.4.